The summed E-state index contributed by atoms with van der Waals surface area (Å²) in [6.45, 7) is 0.0762. The summed E-state index contributed by atoms with van der Waals surface area (Å²) in [6, 6.07) is 16.4. The maximum atomic E-state index is 12.4. The van der Waals surface area contributed by atoms with Crippen LogP contribution in [0.3, 0.4) is 0 Å². The first-order chi connectivity index (χ1) is 12.0. The summed E-state index contributed by atoms with van der Waals surface area (Å²) in [6.07, 6.45) is 0.964. The van der Waals surface area contributed by atoms with Gasteiger partial charge in [-0.25, -0.2) is 4.79 Å². The van der Waals surface area contributed by atoms with E-state index in [1.165, 1.54) is 6.07 Å². The van der Waals surface area contributed by atoms with Crippen LogP contribution in [0.1, 0.15) is 21.5 Å². The van der Waals surface area contributed by atoms with Gasteiger partial charge in [0, 0.05) is 24.8 Å². The van der Waals surface area contributed by atoms with Crippen LogP contribution < -0.4 is 10.9 Å². The Labute approximate surface area is 143 Å². The molecule has 25 heavy (non-hydrogen) atoms. The average Bonchev–Trinajstić information content (AvgIpc) is 2.95. The molecule has 0 saturated carbocycles. The molecule has 3 aromatic rings. The van der Waals surface area contributed by atoms with Crippen LogP contribution in [-0.4, -0.2) is 23.2 Å². The van der Waals surface area contributed by atoms with Crippen molar-refractivity contribution in [2.75, 3.05) is 6.54 Å². The lowest BCUT2D eigenvalue weighted by Gasteiger charge is -2.22. The maximum absolute atomic E-state index is 12.4. The topological polar surface area (TPSA) is 79.5 Å². The van der Waals surface area contributed by atoms with E-state index in [1.54, 1.807) is 18.2 Å². The number of carbonyl (C=O) groups excluding carboxylic acids is 1. The van der Waals surface area contributed by atoms with E-state index in [9.17, 15) is 14.7 Å². The highest BCUT2D eigenvalue weighted by Gasteiger charge is 2.35. The highest BCUT2D eigenvalue weighted by Crippen LogP contribution is 2.29. The molecule has 5 nitrogen and oxygen atoms in total. The lowest BCUT2D eigenvalue weighted by molar-refractivity contribution is 0.0479. The second kappa shape index (κ2) is 5.86. The molecule has 1 amide bonds. The van der Waals surface area contributed by atoms with E-state index < -0.39 is 17.1 Å². The second-order valence-corrected chi connectivity index (χ2v) is 6.51. The number of hydrogen-bond acceptors (Lipinski definition) is 4. The summed E-state index contributed by atoms with van der Waals surface area (Å²) in [7, 11) is 0. The van der Waals surface area contributed by atoms with E-state index in [-0.39, 0.29) is 12.1 Å². The van der Waals surface area contributed by atoms with Gasteiger partial charge in [-0.15, -0.1) is 0 Å². The van der Waals surface area contributed by atoms with Crippen molar-refractivity contribution in [3.8, 4) is 0 Å². The van der Waals surface area contributed by atoms with Crippen LogP contribution in [-0.2, 0) is 12.8 Å². The Bertz CT molecular complexity index is 996. The Hall–Kier alpha value is -2.92. The van der Waals surface area contributed by atoms with Gasteiger partial charge >= 0.3 is 5.63 Å². The molecule has 2 aromatic carbocycles. The normalized spacial score (nSPS) is 15.1. The zero-order valence-electron chi connectivity index (χ0n) is 13.5. The molecule has 0 radical (unpaired) electrons. The van der Waals surface area contributed by atoms with Gasteiger partial charge in [-0.1, -0.05) is 42.5 Å². The first kappa shape index (κ1) is 15.6. The average molecular weight is 335 g/mol. The van der Waals surface area contributed by atoms with Crippen molar-refractivity contribution in [1.29, 1.82) is 0 Å². The van der Waals surface area contributed by atoms with Crippen LogP contribution in [0.5, 0.6) is 0 Å². The molecule has 0 saturated heterocycles. The highest BCUT2D eigenvalue weighted by molar-refractivity contribution is 5.96. The van der Waals surface area contributed by atoms with Crippen molar-refractivity contribution in [1.82, 2.24) is 5.32 Å². The third kappa shape index (κ3) is 2.94. The molecule has 0 atom stereocenters. The number of benzene rings is 2. The maximum Gasteiger partial charge on any atom is 0.349 e. The molecule has 0 aliphatic heterocycles. The van der Waals surface area contributed by atoms with Crippen molar-refractivity contribution < 1.29 is 14.3 Å². The molecule has 1 aliphatic carbocycles. The minimum absolute atomic E-state index is 0.0576. The fourth-order valence-electron chi connectivity index (χ4n) is 3.36. The molecule has 5 heteroatoms. The standard InChI is InChI=1S/C20H17NO4/c22-18(16-9-13-5-3-4-8-17(13)25-19(16)23)21-12-20(24)10-14-6-1-2-7-15(14)11-20/h1-9,24H,10-12H2,(H,21,22). The van der Waals surface area contributed by atoms with Crippen LogP contribution in [0.2, 0.25) is 0 Å². The number of para-hydroxylation sites is 1. The smallest absolute Gasteiger partial charge is 0.349 e. The van der Waals surface area contributed by atoms with E-state index in [0.29, 0.717) is 23.8 Å². The first-order valence-electron chi connectivity index (χ1n) is 8.14. The number of nitrogens with one attached hydrogen (secondary N) is 1. The van der Waals surface area contributed by atoms with E-state index in [2.05, 4.69) is 5.32 Å². The fourth-order valence-corrected chi connectivity index (χ4v) is 3.36. The van der Waals surface area contributed by atoms with Crippen molar-refractivity contribution in [3.63, 3.8) is 0 Å². The number of carbonyl (C=O) groups is 1. The van der Waals surface area contributed by atoms with Crippen molar-refractivity contribution in [2.45, 2.75) is 18.4 Å². The van der Waals surface area contributed by atoms with Crippen molar-refractivity contribution >= 4 is 16.9 Å². The first-order valence-corrected chi connectivity index (χ1v) is 8.14. The molecule has 0 bridgehead atoms. The lowest BCUT2D eigenvalue weighted by Crippen LogP contribution is -2.44. The van der Waals surface area contributed by atoms with Gasteiger partial charge in [0.25, 0.3) is 5.91 Å². The summed E-state index contributed by atoms with van der Waals surface area (Å²) in [5.41, 5.74) is 0.842. The van der Waals surface area contributed by atoms with Crippen molar-refractivity contribution in [2.24, 2.45) is 0 Å². The third-order valence-electron chi connectivity index (χ3n) is 4.62. The minimum Gasteiger partial charge on any atom is -0.422 e. The molecule has 4 rings (SSSR count). The number of hydrogen-bond donors (Lipinski definition) is 2. The molecular formula is C20H17NO4. The zero-order chi connectivity index (χ0) is 17.4. The van der Waals surface area contributed by atoms with Gasteiger partial charge in [0.05, 0.1) is 5.60 Å². The Kier molecular flexibility index (Phi) is 3.66. The van der Waals surface area contributed by atoms with Crippen molar-refractivity contribution in [3.05, 3.63) is 81.7 Å². The summed E-state index contributed by atoms with van der Waals surface area (Å²) < 4.78 is 5.18. The van der Waals surface area contributed by atoms with Gasteiger partial charge < -0.3 is 14.8 Å². The molecule has 0 fully saturated rings. The molecule has 0 unspecified atom stereocenters. The molecule has 2 N–H and O–H groups in total. The summed E-state index contributed by atoms with van der Waals surface area (Å²) in [4.78, 5) is 24.4. The van der Waals surface area contributed by atoms with Gasteiger partial charge in [-0.05, 0) is 23.3 Å². The Morgan fingerprint density at radius 3 is 2.44 bits per heavy atom. The summed E-state index contributed by atoms with van der Waals surface area (Å²) in [5, 5.41) is 14.1. The van der Waals surface area contributed by atoms with Gasteiger partial charge in [-0.3, -0.25) is 4.79 Å². The van der Waals surface area contributed by atoms with Gasteiger partial charge in [0.2, 0.25) is 0 Å². The monoisotopic (exact) mass is 335 g/mol. The number of aliphatic hydroxyl groups is 1. The molecule has 1 heterocycles. The molecule has 126 valence electrons. The third-order valence-corrected chi connectivity index (χ3v) is 4.62. The quantitative estimate of drug-likeness (QED) is 0.718. The van der Waals surface area contributed by atoms with Gasteiger partial charge in [-0.2, -0.15) is 0 Å². The van der Waals surface area contributed by atoms with Crippen LogP contribution in [0.15, 0.2) is 63.8 Å². The molecule has 0 spiro atoms. The van der Waals surface area contributed by atoms with Gasteiger partial charge in [0.15, 0.2) is 0 Å². The second-order valence-electron chi connectivity index (χ2n) is 6.51. The zero-order valence-corrected chi connectivity index (χ0v) is 13.5. The molecular weight excluding hydrogens is 318 g/mol. The largest absolute Gasteiger partial charge is 0.422 e. The summed E-state index contributed by atoms with van der Waals surface area (Å²) >= 11 is 0. The lowest BCUT2D eigenvalue weighted by atomic mass is 10.0. The number of amides is 1. The van der Waals surface area contributed by atoms with Gasteiger partial charge in [0.1, 0.15) is 11.1 Å². The predicted octanol–water partition coefficient (Wildman–Crippen LogP) is 2.05. The Balaban J connectivity index is 1.52. The Morgan fingerprint density at radius 1 is 1.08 bits per heavy atom. The SMILES string of the molecule is O=C(NCC1(O)Cc2ccccc2C1)c1cc2ccccc2oc1=O. The Morgan fingerprint density at radius 2 is 1.72 bits per heavy atom. The molecule has 1 aliphatic rings. The van der Waals surface area contributed by atoms with Crippen LogP contribution in [0.4, 0.5) is 0 Å². The number of rotatable bonds is 3. The number of fused-ring (bicyclic) bond motifs is 2. The van der Waals surface area contributed by atoms with Crippen LogP contribution in [0, 0.1) is 0 Å². The fraction of sp³-hybridized carbons (Fsp3) is 0.200. The van der Waals surface area contributed by atoms with Crippen LogP contribution >= 0.6 is 0 Å². The predicted molar refractivity (Wildman–Crippen MR) is 93.6 cm³/mol. The van der Waals surface area contributed by atoms with Crippen LogP contribution in [0.25, 0.3) is 11.0 Å². The van der Waals surface area contributed by atoms with E-state index in [0.717, 1.165) is 11.1 Å². The molecule has 1 aromatic heterocycles. The van der Waals surface area contributed by atoms with E-state index in [1.807, 2.05) is 30.3 Å². The minimum atomic E-state index is -1.03. The van der Waals surface area contributed by atoms with E-state index in [4.69, 9.17) is 4.42 Å². The van der Waals surface area contributed by atoms with E-state index >= 15 is 0 Å². The highest BCUT2D eigenvalue weighted by atomic mass is 16.4. The summed E-state index contributed by atoms with van der Waals surface area (Å²) in [5.74, 6) is -0.538.